The van der Waals surface area contributed by atoms with E-state index in [-0.39, 0.29) is 5.41 Å². The van der Waals surface area contributed by atoms with Crippen LogP contribution in [0.5, 0.6) is 0 Å². The molecule has 0 aromatic heterocycles. The van der Waals surface area contributed by atoms with Gasteiger partial charge in [-0.25, -0.2) is 0 Å². The Morgan fingerprint density at radius 2 is 1.47 bits per heavy atom. The van der Waals surface area contributed by atoms with Gasteiger partial charge in [-0.15, -0.1) is 0 Å². The first kappa shape index (κ1) is 13.5. The van der Waals surface area contributed by atoms with Crippen molar-refractivity contribution in [3.8, 4) is 0 Å². The van der Waals surface area contributed by atoms with Crippen LogP contribution in [0.15, 0.2) is 42.5 Å². The molecule has 2 rings (SSSR count). The van der Waals surface area contributed by atoms with Crippen molar-refractivity contribution in [1.82, 2.24) is 0 Å². The number of anilines is 3. The first-order chi connectivity index (χ1) is 8.86. The van der Waals surface area contributed by atoms with Gasteiger partial charge in [0.05, 0.1) is 0 Å². The molecule has 0 unspecified atom stereocenters. The molecule has 0 amide bonds. The van der Waals surface area contributed by atoms with Crippen LogP contribution >= 0.6 is 0 Å². The number of nitrogens with two attached hydrogens (primary N) is 1. The SMILES string of the molecule is Cc1cc(Nc2ccc(C(C)(C)C)cc2)ccc1N. The Morgan fingerprint density at radius 1 is 0.895 bits per heavy atom. The predicted molar refractivity (Wildman–Crippen MR) is 84.0 cm³/mol. The molecular weight excluding hydrogens is 232 g/mol. The van der Waals surface area contributed by atoms with Crippen LogP contribution in [0.4, 0.5) is 17.1 Å². The second-order valence-electron chi connectivity index (χ2n) is 6.02. The lowest BCUT2D eigenvalue weighted by molar-refractivity contribution is 0.590. The third-order valence-corrected chi connectivity index (χ3v) is 3.31. The van der Waals surface area contributed by atoms with E-state index in [1.165, 1.54) is 5.56 Å². The van der Waals surface area contributed by atoms with Crippen LogP contribution in [-0.2, 0) is 5.41 Å². The monoisotopic (exact) mass is 254 g/mol. The number of benzene rings is 2. The standard InChI is InChI=1S/C17H22N2/c1-12-11-15(9-10-16(12)18)19-14-7-5-13(6-8-14)17(2,3)4/h5-11,19H,18H2,1-4H3. The molecule has 0 saturated carbocycles. The van der Waals surface area contributed by atoms with Gasteiger partial charge < -0.3 is 11.1 Å². The molecule has 0 aliphatic heterocycles. The van der Waals surface area contributed by atoms with E-state index in [4.69, 9.17) is 5.73 Å². The van der Waals surface area contributed by atoms with Gasteiger partial charge >= 0.3 is 0 Å². The summed E-state index contributed by atoms with van der Waals surface area (Å²) in [5.74, 6) is 0. The minimum atomic E-state index is 0.191. The maximum atomic E-state index is 5.82. The summed E-state index contributed by atoms with van der Waals surface area (Å²) in [6, 6.07) is 14.6. The van der Waals surface area contributed by atoms with Gasteiger partial charge in [0.25, 0.3) is 0 Å². The smallest absolute Gasteiger partial charge is 0.0388 e. The summed E-state index contributed by atoms with van der Waals surface area (Å²) >= 11 is 0. The molecule has 100 valence electrons. The van der Waals surface area contributed by atoms with Crippen molar-refractivity contribution in [1.29, 1.82) is 0 Å². The van der Waals surface area contributed by atoms with Gasteiger partial charge in [0.15, 0.2) is 0 Å². The maximum Gasteiger partial charge on any atom is 0.0388 e. The van der Waals surface area contributed by atoms with Gasteiger partial charge in [0.1, 0.15) is 0 Å². The van der Waals surface area contributed by atoms with Crippen LogP contribution in [0.1, 0.15) is 31.9 Å². The molecule has 3 N–H and O–H groups in total. The van der Waals surface area contributed by atoms with E-state index in [0.717, 1.165) is 22.6 Å². The predicted octanol–water partition coefficient (Wildman–Crippen LogP) is 4.62. The van der Waals surface area contributed by atoms with E-state index in [1.54, 1.807) is 0 Å². The van der Waals surface area contributed by atoms with Gasteiger partial charge in [-0.3, -0.25) is 0 Å². The van der Waals surface area contributed by atoms with Crippen LogP contribution < -0.4 is 11.1 Å². The summed E-state index contributed by atoms with van der Waals surface area (Å²) in [5.41, 5.74) is 11.4. The fraction of sp³-hybridized carbons (Fsp3) is 0.294. The molecule has 2 aromatic carbocycles. The Labute approximate surface area is 115 Å². The Hall–Kier alpha value is -1.96. The minimum Gasteiger partial charge on any atom is -0.399 e. The molecule has 0 heterocycles. The number of nitrogens with one attached hydrogen (secondary N) is 1. The highest BCUT2D eigenvalue weighted by atomic mass is 14.9. The fourth-order valence-electron chi connectivity index (χ4n) is 1.97. The summed E-state index contributed by atoms with van der Waals surface area (Å²) in [5, 5.41) is 3.40. The zero-order valence-electron chi connectivity index (χ0n) is 12.1. The number of hydrogen-bond donors (Lipinski definition) is 2. The van der Waals surface area contributed by atoms with E-state index in [0.29, 0.717) is 0 Å². The Bertz CT molecular complexity index is 563. The maximum absolute atomic E-state index is 5.82. The van der Waals surface area contributed by atoms with Gasteiger partial charge in [0.2, 0.25) is 0 Å². The number of rotatable bonds is 2. The van der Waals surface area contributed by atoms with E-state index < -0.39 is 0 Å². The third-order valence-electron chi connectivity index (χ3n) is 3.31. The quantitative estimate of drug-likeness (QED) is 0.767. The van der Waals surface area contributed by atoms with Crippen LogP contribution in [0.3, 0.4) is 0 Å². The largest absolute Gasteiger partial charge is 0.399 e. The van der Waals surface area contributed by atoms with Gasteiger partial charge in [-0.05, 0) is 53.8 Å². The highest BCUT2D eigenvalue weighted by Crippen LogP contribution is 2.25. The van der Waals surface area contributed by atoms with Crippen LogP contribution in [0, 0.1) is 6.92 Å². The fourth-order valence-corrected chi connectivity index (χ4v) is 1.97. The molecule has 0 aliphatic carbocycles. The molecule has 0 spiro atoms. The molecule has 0 saturated heterocycles. The highest BCUT2D eigenvalue weighted by molar-refractivity contribution is 5.64. The molecule has 0 radical (unpaired) electrons. The lowest BCUT2D eigenvalue weighted by Gasteiger charge is -2.19. The molecule has 2 aromatic rings. The van der Waals surface area contributed by atoms with Gasteiger partial charge in [0, 0.05) is 17.1 Å². The first-order valence-electron chi connectivity index (χ1n) is 6.60. The summed E-state index contributed by atoms with van der Waals surface area (Å²) in [4.78, 5) is 0. The summed E-state index contributed by atoms with van der Waals surface area (Å²) in [7, 11) is 0. The van der Waals surface area contributed by atoms with E-state index >= 15 is 0 Å². The van der Waals surface area contributed by atoms with Crippen molar-refractivity contribution in [3.05, 3.63) is 53.6 Å². The molecule has 19 heavy (non-hydrogen) atoms. The Balaban J connectivity index is 2.17. The van der Waals surface area contributed by atoms with E-state index in [2.05, 4.69) is 56.4 Å². The van der Waals surface area contributed by atoms with Crippen LogP contribution in [-0.4, -0.2) is 0 Å². The average molecular weight is 254 g/mol. The minimum absolute atomic E-state index is 0.191. The van der Waals surface area contributed by atoms with Crippen molar-refractivity contribution >= 4 is 17.1 Å². The normalized spacial score (nSPS) is 11.4. The number of hydrogen-bond acceptors (Lipinski definition) is 2. The second kappa shape index (κ2) is 4.96. The second-order valence-corrected chi connectivity index (χ2v) is 6.02. The summed E-state index contributed by atoms with van der Waals surface area (Å²) < 4.78 is 0. The summed E-state index contributed by atoms with van der Waals surface area (Å²) in [6.07, 6.45) is 0. The van der Waals surface area contributed by atoms with E-state index in [9.17, 15) is 0 Å². The Morgan fingerprint density at radius 3 is 2.00 bits per heavy atom. The van der Waals surface area contributed by atoms with Crippen molar-refractivity contribution in [2.24, 2.45) is 0 Å². The van der Waals surface area contributed by atoms with Crippen LogP contribution in [0.25, 0.3) is 0 Å². The number of aryl methyl sites for hydroxylation is 1. The van der Waals surface area contributed by atoms with Gasteiger partial charge in [-0.1, -0.05) is 32.9 Å². The van der Waals surface area contributed by atoms with Crippen molar-refractivity contribution in [2.45, 2.75) is 33.1 Å². The summed E-state index contributed by atoms with van der Waals surface area (Å²) in [6.45, 7) is 8.68. The molecule has 2 nitrogen and oxygen atoms in total. The molecule has 2 heteroatoms. The third kappa shape index (κ3) is 3.28. The van der Waals surface area contributed by atoms with Crippen molar-refractivity contribution in [3.63, 3.8) is 0 Å². The van der Waals surface area contributed by atoms with Crippen molar-refractivity contribution < 1.29 is 0 Å². The lowest BCUT2D eigenvalue weighted by atomic mass is 9.87. The Kier molecular flexibility index (Phi) is 3.52. The first-order valence-corrected chi connectivity index (χ1v) is 6.60. The molecule has 0 atom stereocenters. The molecular formula is C17H22N2. The van der Waals surface area contributed by atoms with Crippen molar-refractivity contribution in [2.75, 3.05) is 11.1 Å². The zero-order chi connectivity index (χ0) is 14.0. The number of nitrogen functional groups attached to an aromatic ring is 1. The lowest BCUT2D eigenvalue weighted by Crippen LogP contribution is -2.10. The topological polar surface area (TPSA) is 38.0 Å². The van der Waals surface area contributed by atoms with E-state index in [1.807, 2.05) is 19.1 Å². The van der Waals surface area contributed by atoms with Crippen LogP contribution in [0.2, 0.25) is 0 Å². The molecule has 0 bridgehead atoms. The zero-order valence-corrected chi connectivity index (χ0v) is 12.1. The molecule has 0 aliphatic rings. The highest BCUT2D eigenvalue weighted by Gasteiger charge is 2.12. The molecule has 0 fully saturated rings. The van der Waals surface area contributed by atoms with Gasteiger partial charge in [-0.2, -0.15) is 0 Å². The average Bonchev–Trinajstić information content (AvgIpc) is 2.33.